The molecule has 0 rings (SSSR count). The van der Waals surface area contributed by atoms with E-state index in [1.165, 1.54) is 0 Å². The highest BCUT2D eigenvalue weighted by Crippen LogP contribution is 2.21. The lowest BCUT2D eigenvalue weighted by Crippen LogP contribution is -2.47. The molecule has 0 saturated carbocycles. The van der Waals surface area contributed by atoms with E-state index in [0.29, 0.717) is 0 Å². The van der Waals surface area contributed by atoms with Crippen molar-refractivity contribution in [1.29, 1.82) is 0 Å². The molecule has 0 spiro atoms. The molecule has 6 heteroatoms. The zero-order valence-corrected chi connectivity index (χ0v) is 18.3. The van der Waals surface area contributed by atoms with Gasteiger partial charge in [0.2, 0.25) is 0 Å². The highest BCUT2D eigenvalue weighted by atomic mass is 16.6. The van der Waals surface area contributed by atoms with Crippen molar-refractivity contribution in [3.8, 4) is 0 Å². The van der Waals surface area contributed by atoms with E-state index < -0.39 is 24.1 Å². The molecule has 0 unspecified atom stereocenters. The molecule has 28 heavy (non-hydrogen) atoms. The summed E-state index contributed by atoms with van der Waals surface area (Å²) in [5.74, 6) is -2.54. The minimum Gasteiger partial charge on any atom is -0.479 e. The number of carboxylic acids is 2. The molecule has 0 aromatic heterocycles. The van der Waals surface area contributed by atoms with Crippen molar-refractivity contribution in [1.82, 2.24) is 0 Å². The molecule has 0 radical (unpaired) electrons. The molecule has 0 fully saturated rings. The van der Waals surface area contributed by atoms with Crippen molar-refractivity contribution >= 4 is 11.9 Å². The van der Waals surface area contributed by atoms with Crippen LogP contribution in [-0.2, 0) is 19.1 Å². The Morgan fingerprint density at radius 3 is 1.04 bits per heavy atom. The van der Waals surface area contributed by atoms with Crippen molar-refractivity contribution in [2.75, 3.05) is 0 Å². The third-order valence-electron chi connectivity index (χ3n) is 4.96. The molecule has 166 valence electrons. The maximum atomic E-state index is 11.9. The van der Waals surface area contributed by atoms with Crippen molar-refractivity contribution in [3.63, 3.8) is 0 Å². The third kappa shape index (κ3) is 11.6. The fourth-order valence-corrected chi connectivity index (χ4v) is 3.22. The van der Waals surface area contributed by atoms with Crippen LogP contribution in [0, 0.1) is 0 Å². The molecule has 0 bridgehead atoms. The molecule has 0 heterocycles. The van der Waals surface area contributed by atoms with E-state index in [2.05, 4.69) is 27.7 Å². The minimum atomic E-state index is -1.48. The van der Waals surface area contributed by atoms with Gasteiger partial charge in [0.1, 0.15) is 0 Å². The van der Waals surface area contributed by atoms with Crippen LogP contribution in [0.2, 0.25) is 0 Å². The summed E-state index contributed by atoms with van der Waals surface area (Å²) in [4.78, 5) is 23.7. The van der Waals surface area contributed by atoms with Crippen LogP contribution in [0.15, 0.2) is 0 Å². The Kier molecular flexibility index (Phi) is 16.1. The SMILES string of the molecule is CCCCC(CCCC)O[C@@H](C(=O)O)[C@@H](OC(CCCC)CCCC)C(=O)O. The molecular formula is C22H42O6. The van der Waals surface area contributed by atoms with Gasteiger partial charge >= 0.3 is 11.9 Å². The van der Waals surface area contributed by atoms with Gasteiger partial charge in [-0.1, -0.05) is 79.1 Å². The minimum absolute atomic E-state index is 0.254. The summed E-state index contributed by atoms with van der Waals surface area (Å²) in [6.07, 6.45) is 7.12. The summed E-state index contributed by atoms with van der Waals surface area (Å²) >= 11 is 0. The Hall–Kier alpha value is -1.14. The van der Waals surface area contributed by atoms with Gasteiger partial charge < -0.3 is 19.7 Å². The number of aliphatic carboxylic acids is 2. The van der Waals surface area contributed by atoms with Crippen LogP contribution in [0.1, 0.15) is 105 Å². The van der Waals surface area contributed by atoms with Crippen molar-refractivity contribution in [2.24, 2.45) is 0 Å². The van der Waals surface area contributed by atoms with Crippen LogP contribution in [0.3, 0.4) is 0 Å². The highest BCUT2D eigenvalue weighted by molar-refractivity contribution is 5.83. The molecule has 0 aliphatic rings. The average Bonchev–Trinajstić information content (AvgIpc) is 2.66. The Morgan fingerprint density at radius 1 is 0.607 bits per heavy atom. The van der Waals surface area contributed by atoms with Gasteiger partial charge in [-0.05, 0) is 25.7 Å². The Balaban J connectivity index is 5.29. The van der Waals surface area contributed by atoms with Crippen LogP contribution in [0.5, 0.6) is 0 Å². The molecule has 2 N–H and O–H groups in total. The average molecular weight is 403 g/mol. The lowest BCUT2D eigenvalue weighted by Gasteiger charge is -2.29. The number of unbranched alkanes of at least 4 members (excludes halogenated alkanes) is 4. The summed E-state index contributed by atoms with van der Waals surface area (Å²) < 4.78 is 11.7. The predicted octanol–water partition coefficient (Wildman–Crippen LogP) is 5.42. The molecule has 0 aliphatic carbocycles. The van der Waals surface area contributed by atoms with E-state index in [9.17, 15) is 19.8 Å². The first-order valence-corrected chi connectivity index (χ1v) is 11.2. The second-order valence-electron chi connectivity index (χ2n) is 7.60. The van der Waals surface area contributed by atoms with Crippen LogP contribution < -0.4 is 0 Å². The topological polar surface area (TPSA) is 93.1 Å². The molecule has 0 amide bonds. The van der Waals surface area contributed by atoms with Gasteiger partial charge in [-0.15, -0.1) is 0 Å². The summed E-state index contributed by atoms with van der Waals surface area (Å²) in [6, 6.07) is 0. The second kappa shape index (κ2) is 16.8. The predicted molar refractivity (Wildman–Crippen MR) is 111 cm³/mol. The van der Waals surface area contributed by atoms with Gasteiger partial charge in [-0.2, -0.15) is 0 Å². The van der Waals surface area contributed by atoms with Crippen LogP contribution in [0.25, 0.3) is 0 Å². The van der Waals surface area contributed by atoms with E-state index >= 15 is 0 Å². The van der Waals surface area contributed by atoms with E-state index in [0.717, 1.165) is 77.0 Å². The van der Waals surface area contributed by atoms with Crippen molar-refractivity contribution in [2.45, 2.75) is 129 Å². The summed E-state index contributed by atoms with van der Waals surface area (Å²) in [6.45, 7) is 8.28. The number of carboxylic acid groups (broad SMARTS) is 2. The van der Waals surface area contributed by atoms with Crippen LogP contribution in [0.4, 0.5) is 0 Å². The number of carbonyl (C=O) groups is 2. The molecule has 0 aromatic rings. The Morgan fingerprint density at radius 2 is 0.857 bits per heavy atom. The zero-order valence-electron chi connectivity index (χ0n) is 18.3. The molecule has 2 atom stereocenters. The number of rotatable bonds is 19. The summed E-state index contributed by atoms with van der Waals surface area (Å²) in [7, 11) is 0. The largest absolute Gasteiger partial charge is 0.479 e. The second-order valence-corrected chi connectivity index (χ2v) is 7.60. The highest BCUT2D eigenvalue weighted by Gasteiger charge is 2.39. The first kappa shape index (κ1) is 26.9. The van der Waals surface area contributed by atoms with E-state index in [1.807, 2.05) is 0 Å². The first-order chi connectivity index (χ1) is 13.4. The molecule has 0 aliphatic heterocycles. The molecule has 6 nitrogen and oxygen atoms in total. The Bertz CT molecular complexity index is 358. The quantitative estimate of drug-likeness (QED) is 0.299. The fourth-order valence-electron chi connectivity index (χ4n) is 3.22. The normalized spacial score (nSPS) is 13.8. The van der Waals surface area contributed by atoms with Crippen molar-refractivity contribution < 1.29 is 29.3 Å². The van der Waals surface area contributed by atoms with Gasteiger partial charge in [0, 0.05) is 0 Å². The Labute approximate surface area is 171 Å². The monoisotopic (exact) mass is 402 g/mol. The van der Waals surface area contributed by atoms with Gasteiger partial charge in [0.25, 0.3) is 0 Å². The van der Waals surface area contributed by atoms with Crippen LogP contribution in [-0.4, -0.2) is 46.6 Å². The van der Waals surface area contributed by atoms with Crippen LogP contribution >= 0.6 is 0 Å². The number of hydrogen-bond donors (Lipinski definition) is 2. The summed E-state index contributed by atoms with van der Waals surface area (Å²) in [5.41, 5.74) is 0. The number of hydrogen-bond acceptors (Lipinski definition) is 4. The third-order valence-corrected chi connectivity index (χ3v) is 4.96. The lowest BCUT2D eigenvalue weighted by molar-refractivity contribution is -0.189. The molecule has 0 saturated heterocycles. The smallest absolute Gasteiger partial charge is 0.336 e. The van der Waals surface area contributed by atoms with E-state index in [4.69, 9.17) is 9.47 Å². The zero-order chi connectivity index (χ0) is 21.4. The van der Waals surface area contributed by atoms with Crippen molar-refractivity contribution in [3.05, 3.63) is 0 Å². The van der Waals surface area contributed by atoms with E-state index in [1.54, 1.807) is 0 Å². The first-order valence-electron chi connectivity index (χ1n) is 11.2. The van der Waals surface area contributed by atoms with Gasteiger partial charge in [-0.25, -0.2) is 9.59 Å². The maximum Gasteiger partial charge on any atom is 0.336 e. The lowest BCUT2D eigenvalue weighted by atomic mass is 10.0. The van der Waals surface area contributed by atoms with Gasteiger partial charge in [0.05, 0.1) is 12.2 Å². The van der Waals surface area contributed by atoms with Gasteiger partial charge in [0.15, 0.2) is 12.2 Å². The number of ether oxygens (including phenoxy) is 2. The van der Waals surface area contributed by atoms with Gasteiger partial charge in [-0.3, -0.25) is 0 Å². The molecular weight excluding hydrogens is 360 g/mol. The molecule has 0 aromatic carbocycles. The summed E-state index contributed by atoms with van der Waals surface area (Å²) in [5, 5.41) is 19.4. The standard InChI is InChI=1S/C22H42O6/c1-5-9-13-17(14-10-6-2)27-19(21(23)24)20(22(25)26)28-18(15-11-7-3)16-12-8-4/h17-20H,5-16H2,1-4H3,(H,23,24)(H,25,26)/t19-,20-/m1/s1. The fraction of sp³-hybridized carbons (Fsp3) is 0.909. The maximum absolute atomic E-state index is 11.9. The van der Waals surface area contributed by atoms with E-state index in [-0.39, 0.29) is 12.2 Å².